The van der Waals surface area contributed by atoms with Crippen LogP contribution in [0.3, 0.4) is 0 Å². The van der Waals surface area contributed by atoms with Gasteiger partial charge in [0.2, 0.25) is 5.91 Å². The molecular weight excluding hydrogens is 354 g/mol. The van der Waals surface area contributed by atoms with Crippen molar-refractivity contribution >= 4 is 5.91 Å². The van der Waals surface area contributed by atoms with E-state index in [0.29, 0.717) is 51.2 Å². The zero-order chi connectivity index (χ0) is 19.3. The number of ether oxygens (including phenoxy) is 1. The van der Waals surface area contributed by atoms with Crippen LogP contribution in [0.2, 0.25) is 0 Å². The monoisotopic (exact) mass is 378 g/mol. The lowest BCUT2D eigenvalue weighted by Gasteiger charge is -2.41. The predicted molar refractivity (Wildman–Crippen MR) is 96.0 cm³/mol. The minimum absolute atomic E-state index is 0.0509. The normalized spacial score (nSPS) is 17.0. The van der Waals surface area contributed by atoms with Crippen LogP contribution in [0.25, 0.3) is 0 Å². The van der Waals surface area contributed by atoms with Gasteiger partial charge in [-0.3, -0.25) is 9.69 Å². The first-order valence-corrected chi connectivity index (χ1v) is 8.97. The number of methoxy groups -OCH3 is 1. The summed E-state index contributed by atoms with van der Waals surface area (Å²) in [6.07, 6.45) is 6.34. The van der Waals surface area contributed by atoms with Crippen LogP contribution in [-0.2, 0) is 21.6 Å². The zero-order valence-electron chi connectivity index (χ0n) is 15.3. The summed E-state index contributed by atoms with van der Waals surface area (Å²) >= 11 is 0. The highest BCUT2D eigenvalue weighted by Crippen LogP contribution is 2.31. The number of imidazole rings is 1. The molecule has 1 saturated heterocycles. The molecule has 2 heterocycles. The van der Waals surface area contributed by atoms with E-state index in [1.807, 2.05) is 4.57 Å². The van der Waals surface area contributed by atoms with Crippen LogP contribution in [0.15, 0.2) is 36.9 Å². The van der Waals surface area contributed by atoms with Crippen molar-refractivity contribution in [3.05, 3.63) is 54.1 Å². The molecule has 2 aromatic rings. The van der Waals surface area contributed by atoms with Crippen LogP contribution in [-0.4, -0.2) is 53.7 Å². The first-order valence-electron chi connectivity index (χ1n) is 8.97. The maximum atomic E-state index is 13.4. The molecular formula is C19H24F2N4O2. The number of nitrogens with one attached hydrogen (secondary N) is 1. The van der Waals surface area contributed by atoms with E-state index >= 15 is 0 Å². The van der Waals surface area contributed by atoms with Crippen LogP contribution in [0.1, 0.15) is 18.4 Å². The smallest absolute Gasteiger partial charge is 0.246 e. The molecule has 0 saturated carbocycles. The van der Waals surface area contributed by atoms with Gasteiger partial charge in [0.15, 0.2) is 11.6 Å². The van der Waals surface area contributed by atoms with E-state index in [0.717, 1.165) is 6.07 Å². The van der Waals surface area contributed by atoms with Crippen LogP contribution in [0, 0.1) is 11.6 Å². The number of carbonyl (C=O) groups is 1. The molecule has 0 bridgehead atoms. The van der Waals surface area contributed by atoms with E-state index in [4.69, 9.17) is 4.74 Å². The topological polar surface area (TPSA) is 59.4 Å². The number of hydrogen-bond donors (Lipinski definition) is 1. The molecule has 1 N–H and O–H groups in total. The SMILES string of the molecule is COCCNC(=O)C1(n2ccnc2)CCN(Cc2ccc(F)c(F)c2)CC1. The number of benzene rings is 1. The Labute approximate surface area is 157 Å². The molecule has 0 atom stereocenters. The van der Waals surface area contributed by atoms with Gasteiger partial charge in [-0.1, -0.05) is 6.07 Å². The van der Waals surface area contributed by atoms with Crippen molar-refractivity contribution in [2.45, 2.75) is 24.9 Å². The third kappa shape index (κ3) is 4.33. The van der Waals surface area contributed by atoms with Gasteiger partial charge in [0.1, 0.15) is 5.54 Å². The Hall–Kier alpha value is -2.32. The zero-order valence-corrected chi connectivity index (χ0v) is 15.3. The van der Waals surface area contributed by atoms with Crippen molar-refractivity contribution in [2.75, 3.05) is 33.4 Å². The largest absolute Gasteiger partial charge is 0.383 e. The highest BCUT2D eigenvalue weighted by Gasteiger charge is 2.42. The number of halogens is 2. The molecule has 1 aliphatic rings. The van der Waals surface area contributed by atoms with Gasteiger partial charge in [0, 0.05) is 45.7 Å². The molecule has 27 heavy (non-hydrogen) atoms. The summed E-state index contributed by atoms with van der Waals surface area (Å²) < 4.78 is 33.4. The molecule has 0 spiro atoms. The molecule has 1 aromatic heterocycles. The van der Waals surface area contributed by atoms with Gasteiger partial charge in [-0.15, -0.1) is 0 Å². The maximum absolute atomic E-state index is 13.4. The summed E-state index contributed by atoms with van der Waals surface area (Å²) in [6, 6.07) is 3.96. The lowest BCUT2D eigenvalue weighted by Crippen LogP contribution is -2.55. The summed E-state index contributed by atoms with van der Waals surface area (Å²) in [5, 5.41) is 2.94. The van der Waals surface area contributed by atoms with Crippen molar-refractivity contribution in [3.8, 4) is 0 Å². The number of likely N-dealkylation sites (tertiary alicyclic amines) is 1. The average molecular weight is 378 g/mol. The Balaban J connectivity index is 1.68. The third-order valence-electron chi connectivity index (χ3n) is 5.09. The van der Waals surface area contributed by atoms with Crippen molar-refractivity contribution < 1.29 is 18.3 Å². The van der Waals surface area contributed by atoms with Gasteiger partial charge in [0.05, 0.1) is 12.9 Å². The molecule has 1 aromatic carbocycles. The van der Waals surface area contributed by atoms with Crippen LogP contribution in [0.4, 0.5) is 8.78 Å². The summed E-state index contributed by atoms with van der Waals surface area (Å²) in [4.78, 5) is 19.2. The molecule has 0 radical (unpaired) electrons. The lowest BCUT2D eigenvalue weighted by atomic mass is 9.85. The minimum atomic E-state index is -0.843. The number of piperidine rings is 1. The van der Waals surface area contributed by atoms with E-state index in [2.05, 4.69) is 15.2 Å². The second kappa shape index (κ2) is 8.58. The Morgan fingerprint density at radius 1 is 1.30 bits per heavy atom. The Bertz CT molecular complexity index is 759. The number of rotatable bonds is 7. The van der Waals surface area contributed by atoms with E-state index in [1.54, 1.807) is 31.9 Å². The molecule has 0 unspecified atom stereocenters. The Kier molecular flexibility index (Phi) is 6.18. The fourth-order valence-electron chi connectivity index (χ4n) is 3.52. The molecule has 0 aliphatic carbocycles. The second-order valence-corrected chi connectivity index (χ2v) is 6.77. The first kappa shape index (κ1) is 19.4. The number of amides is 1. The van der Waals surface area contributed by atoms with Crippen molar-refractivity contribution in [3.63, 3.8) is 0 Å². The molecule has 1 amide bonds. The highest BCUT2D eigenvalue weighted by atomic mass is 19.2. The maximum Gasteiger partial charge on any atom is 0.246 e. The molecule has 1 aliphatic heterocycles. The van der Waals surface area contributed by atoms with E-state index in [9.17, 15) is 13.6 Å². The summed E-state index contributed by atoms with van der Waals surface area (Å²) in [6.45, 7) is 2.74. The summed E-state index contributed by atoms with van der Waals surface area (Å²) in [7, 11) is 1.59. The van der Waals surface area contributed by atoms with Crippen LogP contribution in [0.5, 0.6) is 0 Å². The van der Waals surface area contributed by atoms with Crippen molar-refractivity contribution in [1.82, 2.24) is 19.8 Å². The molecule has 6 nitrogen and oxygen atoms in total. The van der Waals surface area contributed by atoms with Gasteiger partial charge in [-0.25, -0.2) is 13.8 Å². The highest BCUT2D eigenvalue weighted by molar-refractivity contribution is 5.84. The number of aromatic nitrogens is 2. The van der Waals surface area contributed by atoms with E-state index in [-0.39, 0.29) is 5.91 Å². The number of nitrogens with zero attached hydrogens (tertiary/aromatic N) is 3. The fourth-order valence-corrected chi connectivity index (χ4v) is 3.52. The van der Waals surface area contributed by atoms with Crippen molar-refractivity contribution in [1.29, 1.82) is 0 Å². The molecule has 8 heteroatoms. The van der Waals surface area contributed by atoms with Crippen LogP contribution >= 0.6 is 0 Å². The molecule has 3 rings (SSSR count). The second-order valence-electron chi connectivity index (χ2n) is 6.77. The fraction of sp³-hybridized carbons (Fsp3) is 0.474. The van der Waals surface area contributed by atoms with Gasteiger partial charge >= 0.3 is 0 Å². The molecule has 146 valence electrons. The third-order valence-corrected chi connectivity index (χ3v) is 5.09. The van der Waals surface area contributed by atoms with E-state index < -0.39 is 17.2 Å². The van der Waals surface area contributed by atoms with Crippen LogP contribution < -0.4 is 5.32 Å². The van der Waals surface area contributed by atoms with Gasteiger partial charge in [-0.2, -0.15) is 0 Å². The predicted octanol–water partition coefficient (Wildman–Crippen LogP) is 1.92. The summed E-state index contributed by atoms with van der Waals surface area (Å²) in [5.41, 5.74) is 0.0167. The molecule has 1 fully saturated rings. The average Bonchev–Trinajstić information content (AvgIpc) is 3.21. The Morgan fingerprint density at radius 3 is 2.70 bits per heavy atom. The minimum Gasteiger partial charge on any atom is -0.383 e. The Morgan fingerprint density at radius 2 is 2.07 bits per heavy atom. The number of carbonyl (C=O) groups excluding carboxylic acids is 1. The summed E-state index contributed by atoms with van der Waals surface area (Å²) in [5.74, 6) is -1.73. The van der Waals surface area contributed by atoms with Crippen molar-refractivity contribution in [2.24, 2.45) is 0 Å². The van der Waals surface area contributed by atoms with Gasteiger partial charge in [0.25, 0.3) is 0 Å². The van der Waals surface area contributed by atoms with E-state index in [1.165, 1.54) is 6.07 Å². The quantitative estimate of drug-likeness (QED) is 0.748. The lowest BCUT2D eigenvalue weighted by molar-refractivity contribution is -0.132. The number of hydrogen-bond acceptors (Lipinski definition) is 4. The first-order chi connectivity index (χ1) is 13.0. The standard InChI is InChI=1S/C19H24F2N4O2/c1-27-11-7-23-18(26)19(25-10-6-22-14-25)4-8-24(9-5-19)13-15-2-3-16(20)17(21)12-15/h2-3,6,10,12,14H,4-5,7-9,11,13H2,1H3,(H,23,26). The van der Waals surface area contributed by atoms with Gasteiger partial charge < -0.3 is 14.6 Å². The van der Waals surface area contributed by atoms with Gasteiger partial charge in [-0.05, 0) is 30.5 Å².